The van der Waals surface area contributed by atoms with Crippen LogP contribution in [0.4, 0.5) is 4.79 Å². The topological polar surface area (TPSA) is 124 Å². The van der Waals surface area contributed by atoms with Crippen molar-refractivity contribution >= 4 is 27.2 Å². The van der Waals surface area contributed by atoms with Gasteiger partial charge in [0.25, 0.3) is 10.1 Å². The summed E-state index contributed by atoms with van der Waals surface area (Å²) in [6.07, 6.45) is 11.5. The predicted octanol–water partition coefficient (Wildman–Crippen LogP) is 6.47. The molecule has 0 spiro atoms. The Morgan fingerprint density at radius 2 is 1.44 bits per heavy atom. The number of aromatic nitrogens is 2. The normalized spacial score (nSPS) is 11.1. The molecule has 198 valence electrons. The first kappa shape index (κ1) is 29.3. The third kappa shape index (κ3) is 11.7. The molecule has 8 nitrogen and oxygen atoms in total. The van der Waals surface area contributed by atoms with Crippen LogP contribution in [0.15, 0.2) is 59.5 Å². The summed E-state index contributed by atoms with van der Waals surface area (Å²) in [6, 6.07) is 15.9. The summed E-state index contributed by atoms with van der Waals surface area (Å²) in [6.45, 7) is 2.60. The highest BCUT2D eigenvalue weighted by molar-refractivity contribution is 7.86. The molecule has 3 aromatic rings. The van der Waals surface area contributed by atoms with Gasteiger partial charge >= 0.3 is 6.09 Å². The summed E-state index contributed by atoms with van der Waals surface area (Å²) in [5.41, 5.74) is 6.59. The van der Waals surface area contributed by atoms with Crippen molar-refractivity contribution in [3.8, 4) is 0 Å². The standard InChI is InChI=1S/C18H30O3S.C9H9N3O2/c1-2-3-4-5-6-7-8-9-10-14-17-21-22(19,20)18-15-12-11-13-16-18;10-9(13)14-5-8-11-6-3-1-2-4-7(6)12-8/h11-13,15-16H,2-10,14,17H2,1H3;1-4H,5H2,(H2,10,13)(H,11,12). The quantitative estimate of drug-likeness (QED) is 0.176. The number of H-pyrrole nitrogens is 1. The molecule has 0 unspecified atom stereocenters. The Labute approximate surface area is 214 Å². The van der Waals surface area contributed by atoms with Crippen LogP contribution in [0, 0.1) is 0 Å². The number of nitrogens with two attached hydrogens (primary N) is 1. The van der Waals surface area contributed by atoms with Crippen LogP contribution in [-0.4, -0.2) is 31.1 Å². The lowest BCUT2D eigenvalue weighted by molar-refractivity contribution is 0.147. The Kier molecular flexibility index (Phi) is 13.6. The first-order valence-corrected chi connectivity index (χ1v) is 14.1. The number of amides is 1. The van der Waals surface area contributed by atoms with Gasteiger partial charge in [-0.2, -0.15) is 8.42 Å². The molecule has 0 atom stereocenters. The molecule has 0 radical (unpaired) electrons. The van der Waals surface area contributed by atoms with Gasteiger partial charge in [-0.25, -0.2) is 9.78 Å². The number of benzene rings is 2. The predicted molar refractivity (Wildman–Crippen MR) is 142 cm³/mol. The molecule has 0 saturated carbocycles. The molecule has 0 fully saturated rings. The molecular weight excluding hydrogens is 478 g/mol. The number of hydrogen-bond donors (Lipinski definition) is 2. The van der Waals surface area contributed by atoms with Gasteiger partial charge in [0.2, 0.25) is 0 Å². The second-order valence-corrected chi connectivity index (χ2v) is 10.2. The van der Waals surface area contributed by atoms with E-state index < -0.39 is 16.2 Å². The number of fused-ring (bicyclic) bond motifs is 1. The molecule has 0 bridgehead atoms. The van der Waals surface area contributed by atoms with Crippen LogP contribution in [0.5, 0.6) is 0 Å². The largest absolute Gasteiger partial charge is 0.442 e. The molecule has 3 rings (SSSR count). The minimum Gasteiger partial charge on any atom is -0.442 e. The summed E-state index contributed by atoms with van der Waals surface area (Å²) in [7, 11) is -3.57. The maximum Gasteiger partial charge on any atom is 0.404 e. The van der Waals surface area contributed by atoms with Crippen LogP contribution in [-0.2, 0) is 25.6 Å². The molecule has 36 heavy (non-hydrogen) atoms. The molecule has 0 aliphatic heterocycles. The summed E-state index contributed by atoms with van der Waals surface area (Å²) in [5.74, 6) is 0.588. The van der Waals surface area contributed by atoms with Crippen molar-refractivity contribution in [1.82, 2.24) is 9.97 Å². The van der Waals surface area contributed by atoms with Gasteiger partial charge in [0, 0.05) is 0 Å². The van der Waals surface area contributed by atoms with Gasteiger partial charge in [-0.05, 0) is 30.7 Å². The molecule has 0 aliphatic rings. The maximum absolute atomic E-state index is 11.9. The Morgan fingerprint density at radius 3 is 2.06 bits per heavy atom. The van der Waals surface area contributed by atoms with E-state index in [0.717, 1.165) is 23.9 Å². The number of rotatable bonds is 15. The highest BCUT2D eigenvalue weighted by Gasteiger charge is 2.13. The minimum absolute atomic E-state index is 0.0734. The Morgan fingerprint density at radius 1 is 0.861 bits per heavy atom. The number of hydrogen-bond acceptors (Lipinski definition) is 6. The van der Waals surface area contributed by atoms with E-state index in [1.165, 1.54) is 51.4 Å². The third-order valence-electron chi connectivity index (χ3n) is 5.56. The minimum atomic E-state index is -3.57. The first-order chi connectivity index (χ1) is 17.4. The summed E-state index contributed by atoms with van der Waals surface area (Å²) in [5, 5.41) is 0. The Bertz CT molecular complexity index is 1080. The van der Waals surface area contributed by atoms with E-state index in [0.29, 0.717) is 5.82 Å². The van der Waals surface area contributed by atoms with Crippen LogP contribution >= 0.6 is 0 Å². The molecule has 3 N–H and O–H groups in total. The number of carbonyl (C=O) groups excluding carboxylic acids is 1. The molecule has 2 aromatic carbocycles. The molecule has 1 heterocycles. The fourth-order valence-corrected chi connectivity index (χ4v) is 4.59. The van der Waals surface area contributed by atoms with Crippen LogP contribution in [0.1, 0.15) is 77.0 Å². The van der Waals surface area contributed by atoms with Crippen molar-refractivity contribution in [3.05, 3.63) is 60.4 Å². The van der Waals surface area contributed by atoms with Crippen LogP contribution in [0.3, 0.4) is 0 Å². The highest BCUT2D eigenvalue weighted by atomic mass is 32.2. The average Bonchev–Trinajstić information content (AvgIpc) is 3.30. The first-order valence-electron chi connectivity index (χ1n) is 12.7. The SMILES string of the molecule is CCCCCCCCCCCCOS(=O)(=O)c1ccccc1.NC(=O)OCc1nc2ccccc2[nH]1. The van der Waals surface area contributed by atoms with Crippen LogP contribution in [0.25, 0.3) is 11.0 Å². The molecule has 0 aliphatic carbocycles. The van der Waals surface area contributed by atoms with E-state index in [4.69, 9.17) is 9.92 Å². The fraction of sp³-hybridized carbons (Fsp3) is 0.481. The van der Waals surface area contributed by atoms with Crippen LogP contribution < -0.4 is 5.73 Å². The number of ether oxygens (including phenoxy) is 1. The highest BCUT2D eigenvalue weighted by Crippen LogP contribution is 2.14. The monoisotopic (exact) mass is 517 g/mol. The van der Waals surface area contributed by atoms with Crippen molar-refractivity contribution in [2.24, 2.45) is 5.73 Å². The van der Waals surface area contributed by atoms with E-state index in [1.807, 2.05) is 24.3 Å². The van der Waals surface area contributed by atoms with Crippen molar-refractivity contribution in [3.63, 3.8) is 0 Å². The van der Waals surface area contributed by atoms with Gasteiger partial charge < -0.3 is 15.5 Å². The van der Waals surface area contributed by atoms with Gasteiger partial charge in [-0.1, -0.05) is 95.0 Å². The van der Waals surface area contributed by atoms with Gasteiger partial charge in [-0.15, -0.1) is 0 Å². The number of primary amides is 1. The van der Waals surface area contributed by atoms with Gasteiger partial charge in [0.05, 0.1) is 22.5 Å². The van der Waals surface area contributed by atoms with Gasteiger partial charge in [0.1, 0.15) is 5.82 Å². The van der Waals surface area contributed by atoms with E-state index >= 15 is 0 Å². The number of unbranched alkanes of at least 4 members (excludes halogenated alkanes) is 9. The van der Waals surface area contributed by atoms with Crippen molar-refractivity contribution in [2.75, 3.05) is 6.61 Å². The number of nitrogens with one attached hydrogen (secondary N) is 1. The van der Waals surface area contributed by atoms with Gasteiger partial charge in [0.15, 0.2) is 6.61 Å². The molecule has 1 amide bonds. The molecular formula is C27H39N3O5S. The summed E-state index contributed by atoms with van der Waals surface area (Å²) in [4.78, 5) is 17.8. The molecule has 1 aromatic heterocycles. The van der Waals surface area contributed by atoms with Gasteiger partial charge in [-0.3, -0.25) is 4.18 Å². The van der Waals surface area contributed by atoms with E-state index in [-0.39, 0.29) is 18.1 Å². The third-order valence-corrected chi connectivity index (χ3v) is 6.88. The lowest BCUT2D eigenvalue weighted by atomic mass is 10.1. The molecule has 0 saturated heterocycles. The lowest BCUT2D eigenvalue weighted by Gasteiger charge is -2.05. The smallest absolute Gasteiger partial charge is 0.404 e. The Balaban J connectivity index is 0.000000278. The number of imidazole rings is 1. The summed E-state index contributed by atoms with van der Waals surface area (Å²) >= 11 is 0. The number of para-hydroxylation sites is 2. The number of nitrogens with zero attached hydrogens (tertiary/aromatic N) is 1. The number of aromatic amines is 1. The van der Waals surface area contributed by atoms with E-state index in [9.17, 15) is 13.2 Å². The Hall–Kier alpha value is -2.91. The second-order valence-electron chi connectivity index (χ2n) is 8.58. The second kappa shape index (κ2) is 16.7. The zero-order valence-corrected chi connectivity index (χ0v) is 22.0. The lowest BCUT2D eigenvalue weighted by Crippen LogP contribution is -2.13. The average molecular weight is 518 g/mol. The zero-order valence-electron chi connectivity index (χ0n) is 21.2. The molecule has 9 heteroatoms. The van der Waals surface area contributed by atoms with Crippen LogP contribution in [0.2, 0.25) is 0 Å². The van der Waals surface area contributed by atoms with Crippen molar-refractivity contribution in [1.29, 1.82) is 0 Å². The summed E-state index contributed by atoms with van der Waals surface area (Å²) < 4.78 is 33.4. The zero-order chi connectivity index (χ0) is 26.1. The maximum atomic E-state index is 11.9. The number of carbonyl (C=O) groups is 1. The van der Waals surface area contributed by atoms with Crippen molar-refractivity contribution < 1.29 is 22.1 Å². The van der Waals surface area contributed by atoms with E-state index in [2.05, 4.69) is 21.6 Å². The van der Waals surface area contributed by atoms with E-state index in [1.54, 1.807) is 30.3 Å². The van der Waals surface area contributed by atoms with Crippen molar-refractivity contribution in [2.45, 2.75) is 82.6 Å². The fourth-order valence-electron chi connectivity index (χ4n) is 3.63.